The second-order valence-electron chi connectivity index (χ2n) is 5.55. The van der Waals surface area contributed by atoms with Crippen LogP contribution in [0.2, 0.25) is 0 Å². The molecule has 0 saturated carbocycles. The van der Waals surface area contributed by atoms with E-state index in [-0.39, 0.29) is 11.9 Å². The molecule has 2 aromatic carbocycles. The zero-order valence-corrected chi connectivity index (χ0v) is 11.5. The minimum atomic E-state index is 0.0456. The number of rotatable bonds is 1. The molecule has 0 unspecified atom stereocenters. The van der Waals surface area contributed by atoms with Crippen LogP contribution in [0.4, 0.5) is 0 Å². The van der Waals surface area contributed by atoms with Crippen molar-refractivity contribution in [2.75, 3.05) is 0 Å². The van der Waals surface area contributed by atoms with Gasteiger partial charge in [0.1, 0.15) is 17.6 Å². The summed E-state index contributed by atoms with van der Waals surface area (Å²) >= 11 is 0. The first-order chi connectivity index (χ1) is 9.06. The smallest absolute Gasteiger partial charge is 0.131 e. The first-order valence-corrected chi connectivity index (χ1v) is 6.67. The number of ether oxygens (including phenoxy) is 1. The zero-order chi connectivity index (χ0) is 13.6. The second-order valence-corrected chi connectivity index (χ2v) is 5.55. The summed E-state index contributed by atoms with van der Waals surface area (Å²) in [5.41, 5.74) is 4.76. The van der Waals surface area contributed by atoms with Crippen LogP contribution >= 0.6 is 0 Å². The standard InChI is InChI=1S/C17H18O2/c1-10(2)17-15-8-11(3)4-6-13(15)14-7-5-12(18)9-16(14)19-17/h4-10,17-18H,1-3H3/t17-/m0/s1. The van der Waals surface area contributed by atoms with Gasteiger partial charge in [-0.25, -0.2) is 0 Å². The van der Waals surface area contributed by atoms with E-state index in [1.807, 2.05) is 6.07 Å². The highest BCUT2D eigenvalue weighted by Crippen LogP contribution is 2.46. The number of hydrogen-bond donors (Lipinski definition) is 1. The lowest BCUT2D eigenvalue weighted by Crippen LogP contribution is -2.19. The summed E-state index contributed by atoms with van der Waals surface area (Å²) in [7, 11) is 0. The fraction of sp³-hybridized carbons (Fsp3) is 0.294. The maximum Gasteiger partial charge on any atom is 0.131 e. The monoisotopic (exact) mass is 254 g/mol. The first-order valence-electron chi connectivity index (χ1n) is 6.67. The molecule has 0 bridgehead atoms. The number of hydrogen-bond acceptors (Lipinski definition) is 2. The molecule has 1 N–H and O–H groups in total. The van der Waals surface area contributed by atoms with Crippen LogP contribution in [0.1, 0.15) is 31.1 Å². The molecule has 0 aromatic heterocycles. The molecule has 0 fully saturated rings. The van der Waals surface area contributed by atoms with E-state index < -0.39 is 0 Å². The summed E-state index contributed by atoms with van der Waals surface area (Å²) in [6, 6.07) is 11.8. The van der Waals surface area contributed by atoms with Crippen molar-refractivity contribution >= 4 is 0 Å². The molecule has 0 amide bonds. The minimum absolute atomic E-state index is 0.0456. The van der Waals surface area contributed by atoms with Crippen molar-refractivity contribution in [1.29, 1.82) is 0 Å². The number of phenols is 1. The van der Waals surface area contributed by atoms with Gasteiger partial charge in [0, 0.05) is 17.2 Å². The Bertz CT molecular complexity index is 629. The highest BCUT2D eigenvalue weighted by atomic mass is 16.5. The van der Waals surface area contributed by atoms with Crippen molar-refractivity contribution in [2.45, 2.75) is 26.9 Å². The molecular weight excluding hydrogens is 236 g/mol. The predicted octanol–water partition coefficient (Wildman–Crippen LogP) is 4.46. The number of fused-ring (bicyclic) bond motifs is 3. The van der Waals surface area contributed by atoms with Crippen LogP contribution in [0, 0.1) is 12.8 Å². The molecule has 1 aliphatic rings. The van der Waals surface area contributed by atoms with Gasteiger partial charge in [-0.3, -0.25) is 0 Å². The van der Waals surface area contributed by atoms with E-state index in [9.17, 15) is 5.11 Å². The second kappa shape index (κ2) is 4.30. The third-order valence-corrected chi connectivity index (χ3v) is 3.63. The topological polar surface area (TPSA) is 29.5 Å². The van der Waals surface area contributed by atoms with Crippen LogP contribution in [0.25, 0.3) is 11.1 Å². The maximum atomic E-state index is 9.63. The van der Waals surface area contributed by atoms with Gasteiger partial charge in [0.25, 0.3) is 0 Å². The Balaban J connectivity index is 2.24. The molecular formula is C17H18O2. The van der Waals surface area contributed by atoms with Crippen molar-refractivity contribution in [3.05, 3.63) is 47.5 Å². The minimum Gasteiger partial charge on any atom is -0.508 e. The quantitative estimate of drug-likeness (QED) is 0.814. The fourth-order valence-electron chi connectivity index (χ4n) is 2.69. The summed E-state index contributed by atoms with van der Waals surface area (Å²) in [6.45, 7) is 6.42. The maximum absolute atomic E-state index is 9.63. The molecule has 19 heavy (non-hydrogen) atoms. The van der Waals surface area contributed by atoms with E-state index in [1.54, 1.807) is 12.1 Å². The molecule has 0 radical (unpaired) electrons. The number of aromatic hydroxyl groups is 1. The van der Waals surface area contributed by atoms with Crippen molar-refractivity contribution in [2.24, 2.45) is 5.92 Å². The van der Waals surface area contributed by atoms with E-state index in [2.05, 4.69) is 39.0 Å². The van der Waals surface area contributed by atoms with Crippen LogP contribution in [-0.4, -0.2) is 5.11 Å². The molecule has 2 heteroatoms. The van der Waals surface area contributed by atoms with Crippen molar-refractivity contribution in [3.63, 3.8) is 0 Å². The summed E-state index contributed by atoms with van der Waals surface area (Å²) in [5.74, 6) is 1.41. The van der Waals surface area contributed by atoms with Crippen molar-refractivity contribution < 1.29 is 9.84 Å². The Kier molecular flexibility index (Phi) is 2.74. The average molecular weight is 254 g/mol. The van der Waals surface area contributed by atoms with E-state index in [0.717, 1.165) is 11.3 Å². The van der Waals surface area contributed by atoms with Gasteiger partial charge in [-0.15, -0.1) is 0 Å². The summed E-state index contributed by atoms with van der Waals surface area (Å²) in [5, 5.41) is 9.63. The third kappa shape index (κ3) is 1.97. The molecule has 1 atom stereocenters. The van der Waals surface area contributed by atoms with Crippen molar-refractivity contribution in [1.82, 2.24) is 0 Å². The van der Waals surface area contributed by atoms with Gasteiger partial charge in [0.15, 0.2) is 0 Å². The van der Waals surface area contributed by atoms with E-state index >= 15 is 0 Å². The third-order valence-electron chi connectivity index (χ3n) is 3.63. The van der Waals surface area contributed by atoms with Gasteiger partial charge in [0.2, 0.25) is 0 Å². The normalized spacial score (nSPS) is 16.7. The Morgan fingerprint density at radius 2 is 1.79 bits per heavy atom. The molecule has 0 aliphatic carbocycles. The first kappa shape index (κ1) is 12.1. The number of benzene rings is 2. The predicted molar refractivity (Wildman–Crippen MR) is 76.5 cm³/mol. The lowest BCUT2D eigenvalue weighted by molar-refractivity contribution is 0.150. The van der Waals surface area contributed by atoms with E-state index in [0.29, 0.717) is 5.92 Å². The van der Waals surface area contributed by atoms with Gasteiger partial charge in [-0.2, -0.15) is 0 Å². The van der Waals surface area contributed by atoms with Gasteiger partial charge >= 0.3 is 0 Å². The molecule has 1 aliphatic heterocycles. The van der Waals surface area contributed by atoms with Crippen LogP contribution in [0.5, 0.6) is 11.5 Å². The molecule has 2 nitrogen and oxygen atoms in total. The number of aryl methyl sites for hydroxylation is 1. The lowest BCUT2D eigenvalue weighted by atomic mass is 9.87. The van der Waals surface area contributed by atoms with Gasteiger partial charge in [0.05, 0.1) is 0 Å². The Morgan fingerprint density at radius 1 is 1.05 bits per heavy atom. The Labute approximate surface area is 113 Å². The highest BCUT2D eigenvalue weighted by Gasteiger charge is 2.28. The Hall–Kier alpha value is -1.96. The largest absolute Gasteiger partial charge is 0.508 e. The average Bonchev–Trinajstić information content (AvgIpc) is 2.37. The highest BCUT2D eigenvalue weighted by molar-refractivity contribution is 5.76. The summed E-state index contributed by atoms with van der Waals surface area (Å²) in [6.07, 6.45) is 0.0456. The van der Waals surface area contributed by atoms with Crippen molar-refractivity contribution in [3.8, 4) is 22.6 Å². The van der Waals surface area contributed by atoms with Crippen LogP contribution in [-0.2, 0) is 0 Å². The molecule has 3 rings (SSSR count). The molecule has 1 heterocycles. The lowest BCUT2D eigenvalue weighted by Gasteiger charge is -2.31. The van der Waals surface area contributed by atoms with Crippen LogP contribution < -0.4 is 4.74 Å². The van der Waals surface area contributed by atoms with Crippen LogP contribution in [0.15, 0.2) is 36.4 Å². The van der Waals surface area contributed by atoms with E-state index in [4.69, 9.17) is 4.74 Å². The molecule has 2 aromatic rings. The summed E-state index contributed by atoms with van der Waals surface area (Å²) in [4.78, 5) is 0. The van der Waals surface area contributed by atoms with Gasteiger partial charge in [-0.05, 0) is 30.5 Å². The zero-order valence-electron chi connectivity index (χ0n) is 11.5. The molecule has 0 spiro atoms. The summed E-state index contributed by atoms with van der Waals surface area (Å²) < 4.78 is 6.10. The Morgan fingerprint density at radius 3 is 2.53 bits per heavy atom. The fourth-order valence-corrected chi connectivity index (χ4v) is 2.69. The molecule has 98 valence electrons. The molecule has 0 saturated heterocycles. The van der Waals surface area contributed by atoms with Gasteiger partial charge in [-0.1, -0.05) is 37.6 Å². The van der Waals surface area contributed by atoms with E-state index in [1.165, 1.54) is 16.7 Å². The number of phenolic OH excluding ortho intramolecular Hbond substituents is 1. The SMILES string of the molecule is Cc1ccc2c(c1)[C@H](C(C)C)Oc1cc(O)ccc1-2. The van der Waals surface area contributed by atoms with Crippen LogP contribution in [0.3, 0.4) is 0 Å². The van der Waals surface area contributed by atoms with Gasteiger partial charge < -0.3 is 9.84 Å².